The number of hydrogen-bond acceptors (Lipinski definition) is 5. The largest absolute Gasteiger partial charge is 0.462 e. The number of esters is 2. The summed E-state index contributed by atoms with van der Waals surface area (Å²) in [6, 6.07) is 0. The number of aliphatic hydroxyl groups is 1. The van der Waals surface area contributed by atoms with E-state index in [1.165, 1.54) is 135 Å². The van der Waals surface area contributed by atoms with Crippen LogP contribution in [0.1, 0.15) is 201 Å². The molecule has 2 atom stereocenters. The summed E-state index contributed by atoms with van der Waals surface area (Å²) in [5, 5.41) is 9.50. The minimum absolute atomic E-state index is 0.0582. The van der Waals surface area contributed by atoms with Crippen LogP contribution >= 0.6 is 0 Å². The molecule has 0 spiro atoms. The van der Waals surface area contributed by atoms with Crippen LogP contribution in [0.5, 0.6) is 0 Å². The smallest absolute Gasteiger partial charge is 0.306 e. The third-order valence-corrected chi connectivity index (χ3v) is 8.69. The Morgan fingerprint density at radius 2 is 0.929 bits per heavy atom. The summed E-state index contributed by atoms with van der Waals surface area (Å²) in [6.45, 7) is 6.52. The highest BCUT2D eigenvalue weighted by molar-refractivity contribution is 5.70. The van der Waals surface area contributed by atoms with E-state index < -0.39 is 6.10 Å². The molecule has 0 radical (unpaired) electrons. The first-order valence-electron chi connectivity index (χ1n) is 18.5. The maximum atomic E-state index is 12.1. The first-order valence-corrected chi connectivity index (χ1v) is 18.5. The predicted octanol–water partition coefficient (Wildman–Crippen LogP) is 11.0. The van der Waals surface area contributed by atoms with Gasteiger partial charge in [-0.05, 0) is 18.8 Å². The lowest BCUT2D eigenvalue weighted by molar-refractivity contribution is -0.161. The van der Waals surface area contributed by atoms with Gasteiger partial charge in [0.25, 0.3) is 0 Å². The van der Waals surface area contributed by atoms with Crippen LogP contribution in [0.3, 0.4) is 0 Å². The van der Waals surface area contributed by atoms with Gasteiger partial charge in [-0.15, -0.1) is 0 Å². The monoisotopic (exact) mass is 597 g/mol. The van der Waals surface area contributed by atoms with Gasteiger partial charge in [0.15, 0.2) is 6.10 Å². The molecular weight excluding hydrogens is 524 g/mol. The van der Waals surface area contributed by atoms with Crippen molar-refractivity contribution in [2.45, 2.75) is 207 Å². The summed E-state index contributed by atoms with van der Waals surface area (Å²) in [6.07, 6.45) is 33.0. The van der Waals surface area contributed by atoms with Crippen molar-refractivity contribution in [1.82, 2.24) is 0 Å². The summed E-state index contributed by atoms with van der Waals surface area (Å²) in [7, 11) is 0. The van der Waals surface area contributed by atoms with E-state index >= 15 is 0 Å². The number of carbonyl (C=O) groups is 2. The first-order chi connectivity index (χ1) is 20.5. The van der Waals surface area contributed by atoms with E-state index in [9.17, 15) is 14.7 Å². The van der Waals surface area contributed by atoms with Crippen molar-refractivity contribution < 1.29 is 24.2 Å². The Balaban J connectivity index is 3.49. The standard InChI is InChI=1S/C37H72O5/c1-4-6-7-8-9-10-18-22-25-28-31-37(40)42-35(32-38)33-41-36(39)30-27-24-21-19-16-14-12-11-13-15-17-20-23-26-29-34(3)5-2/h34-35,38H,4-33H2,1-3H3/t34?,35-/m0/s1. The molecule has 0 bridgehead atoms. The van der Waals surface area contributed by atoms with Crippen LogP contribution in [0, 0.1) is 5.92 Å². The summed E-state index contributed by atoms with van der Waals surface area (Å²) in [5.74, 6) is 0.322. The van der Waals surface area contributed by atoms with E-state index in [0.717, 1.165) is 38.0 Å². The molecule has 0 aromatic heterocycles. The molecule has 42 heavy (non-hydrogen) atoms. The normalized spacial score (nSPS) is 12.8. The summed E-state index contributed by atoms with van der Waals surface area (Å²) in [4.78, 5) is 24.1. The molecule has 0 saturated carbocycles. The molecule has 0 aromatic rings. The van der Waals surface area contributed by atoms with Crippen LogP contribution in [0.25, 0.3) is 0 Å². The van der Waals surface area contributed by atoms with Gasteiger partial charge in [0.1, 0.15) is 6.61 Å². The van der Waals surface area contributed by atoms with Crippen LogP contribution in [0.15, 0.2) is 0 Å². The minimum Gasteiger partial charge on any atom is -0.462 e. The van der Waals surface area contributed by atoms with Crippen molar-refractivity contribution >= 4 is 11.9 Å². The zero-order valence-electron chi connectivity index (χ0n) is 28.4. The highest BCUT2D eigenvalue weighted by atomic mass is 16.6. The molecule has 0 heterocycles. The summed E-state index contributed by atoms with van der Waals surface area (Å²) >= 11 is 0. The van der Waals surface area contributed by atoms with Crippen molar-refractivity contribution in [3.05, 3.63) is 0 Å². The van der Waals surface area contributed by atoms with Gasteiger partial charge < -0.3 is 14.6 Å². The molecule has 0 aliphatic carbocycles. The fraction of sp³-hybridized carbons (Fsp3) is 0.946. The van der Waals surface area contributed by atoms with Gasteiger partial charge >= 0.3 is 11.9 Å². The number of hydrogen-bond donors (Lipinski definition) is 1. The molecule has 250 valence electrons. The maximum absolute atomic E-state index is 12.1. The van der Waals surface area contributed by atoms with E-state index in [1.807, 2.05) is 0 Å². The Morgan fingerprint density at radius 3 is 1.33 bits per heavy atom. The number of unbranched alkanes of at least 4 members (excludes halogenated alkanes) is 22. The summed E-state index contributed by atoms with van der Waals surface area (Å²) < 4.78 is 10.6. The van der Waals surface area contributed by atoms with Gasteiger partial charge in [0.05, 0.1) is 6.61 Å². The van der Waals surface area contributed by atoms with Crippen LogP contribution in [-0.4, -0.2) is 36.4 Å². The second kappa shape index (κ2) is 32.8. The van der Waals surface area contributed by atoms with Crippen molar-refractivity contribution in [1.29, 1.82) is 0 Å². The zero-order valence-corrected chi connectivity index (χ0v) is 28.4. The molecule has 5 heteroatoms. The van der Waals surface area contributed by atoms with Gasteiger partial charge in [0, 0.05) is 12.8 Å². The minimum atomic E-state index is -0.760. The number of rotatable bonds is 33. The van der Waals surface area contributed by atoms with Crippen molar-refractivity contribution in [3.8, 4) is 0 Å². The zero-order chi connectivity index (χ0) is 30.9. The topological polar surface area (TPSA) is 72.8 Å². The molecule has 0 rings (SSSR count). The lowest BCUT2D eigenvalue weighted by Gasteiger charge is -2.15. The molecule has 0 aliphatic heterocycles. The Hall–Kier alpha value is -1.10. The molecule has 0 aromatic carbocycles. The molecular formula is C37H72O5. The first kappa shape index (κ1) is 40.9. The third kappa shape index (κ3) is 30.4. The fourth-order valence-corrected chi connectivity index (χ4v) is 5.47. The second-order valence-corrected chi connectivity index (χ2v) is 12.9. The van der Waals surface area contributed by atoms with Crippen molar-refractivity contribution in [2.75, 3.05) is 13.2 Å². The molecule has 0 fully saturated rings. The molecule has 1 unspecified atom stereocenters. The van der Waals surface area contributed by atoms with Gasteiger partial charge in [-0.3, -0.25) is 9.59 Å². The number of aliphatic hydroxyl groups excluding tert-OH is 1. The maximum Gasteiger partial charge on any atom is 0.306 e. The lowest BCUT2D eigenvalue weighted by atomic mass is 9.99. The van der Waals surface area contributed by atoms with E-state index in [2.05, 4.69) is 20.8 Å². The fourth-order valence-electron chi connectivity index (χ4n) is 5.47. The van der Waals surface area contributed by atoms with E-state index in [1.54, 1.807) is 0 Å². The molecule has 0 amide bonds. The Bertz CT molecular complexity index is 579. The van der Waals surface area contributed by atoms with Gasteiger partial charge in [-0.2, -0.15) is 0 Å². The molecule has 0 aliphatic rings. The summed E-state index contributed by atoms with van der Waals surface area (Å²) in [5.41, 5.74) is 0. The second-order valence-electron chi connectivity index (χ2n) is 12.9. The quantitative estimate of drug-likeness (QED) is 0.0602. The van der Waals surface area contributed by atoms with E-state index in [0.29, 0.717) is 12.8 Å². The van der Waals surface area contributed by atoms with Gasteiger partial charge in [-0.25, -0.2) is 0 Å². The van der Waals surface area contributed by atoms with E-state index in [-0.39, 0.29) is 25.2 Å². The Kier molecular flexibility index (Phi) is 31.9. The van der Waals surface area contributed by atoms with E-state index in [4.69, 9.17) is 9.47 Å². The number of carbonyl (C=O) groups excluding carboxylic acids is 2. The highest BCUT2D eigenvalue weighted by Crippen LogP contribution is 2.16. The van der Waals surface area contributed by atoms with Gasteiger partial charge in [-0.1, -0.05) is 175 Å². The Morgan fingerprint density at radius 1 is 0.548 bits per heavy atom. The van der Waals surface area contributed by atoms with Crippen LogP contribution in [0.4, 0.5) is 0 Å². The predicted molar refractivity (Wildman–Crippen MR) is 178 cm³/mol. The van der Waals surface area contributed by atoms with Crippen molar-refractivity contribution in [3.63, 3.8) is 0 Å². The van der Waals surface area contributed by atoms with Gasteiger partial charge in [0.2, 0.25) is 0 Å². The van der Waals surface area contributed by atoms with Crippen LogP contribution in [0.2, 0.25) is 0 Å². The number of ether oxygens (including phenoxy) is 2. The average molecular weight is 597 g/mol. The SMILES string of the molecule is CCCCCCCCCCCCC(=O)O[C@@H](CO)COC(=O)CCCCCCCCCCCCCCCCC(C)CC. The molecule has 1 N–H and O–H groups in total. The Labute approximate surface area is 261 Å². The van der Waals surface area contributed by atoms with Crippen molar-refractivity contribution in [2.24, 2.45) is 5.92 Å². The molecule has 5 nitrogen and oxygen atoms in total. The lowest BCUT2D eigenvalue weighted by Crippen LogP contribution is -2.28. The highest BCUT2D eigenvalue weighted by Gasteiger charge is 2.16. The molecule has 0 saturated heterocycles. The van der Waals surface area contributed by atoms with Crippen LogP contribution in [-0.2, 0) is 19.1 Å². The van der Waals surface area contributed by atoms with Crippen LogP contribution < -0.4 is 0 Å². The third-order valence-electron chi connectivity index (χ3n) is 8.69. The average Bonchev–Trinajstić information content (AvgIpc) is 2.99.